The third-order valence-corrected chi connectivity index (χ3v) is 7.17. The van der Waals surface area contributed by atoms with Crippen LogP contribution in [0.15, 0.2) is 36.7 Å². The molecule has 0 unspecified atom stereocenters. The molecule has 6 heteroatoms. The Labute approximate surface area is 178 Å². The number of ether oxygens (including phenoxy) is 1. The molecule has 0 saturated carbocycles. The molecule has 0 spiro atoms. The molecular weight excluding hydrogens is 376 g/mol. The quantitative estimate of drug-likeness (QED) is 0.781. The number of fused-ring (bicyclic) bond motifs is 4. The standard InChI is InChI=1S/C24H30N4O2/c1-16-11-26-21(12-25-16)24(29)27-13-17-10-19(15-27)23-5-3-4-22(28(23)14-17)18-6-8-20(30-2)9-7-18/h6-9,11-12,17,19,22-23H,3-5,10,13-15H2,1-2H3/t17-,19+,22+,23-/m0/s1. The number of benzene rings is 1. The minimum Gasteiger partial charge on any atom is -0.497 e. The fraction of sp³-hybridized carbons (Fsp3) is 0.542. The number of aromatic nitrogens is 2. The van der Waals surface area contributed by atoms with Gasteiger partial charge in [0.05, 0.1) is 19.0 Å². The van der Waals surface area contributed by atoms with E-state index in [0.29, 0.717) is 29.6 Å². The summed E-state index contributed by atoms with van der Waals surface area (Å²) in [4.78, 5) is 26.4. The van der Waals surface area contributed by atoms with E-state index in [1.165, 1.54) is 31.2 Å². The highest BCUT2D eigenvalue weighted by Crippen LogP contribution is 2.44. The molecular formula is C24H30N4O2. The van der Waals surface area contributed by atoms with E-state index in [9.17, 15) is 4.79 Å². The normalized spacial score (nSPS) is 28.7. The number of carbonyl (C=O) groups excluding carboxylic acids is 1. The van der Waals surface area contributed by atoms with E-state index in [-0.39, 0.29) is 5.91 Å². The van der Waals surface area contributed by atoms with E-state index >= 15 is 0 Å². The second-order valence-corrected chi connectivity index (χ2v) is 9.10. The third kappa shape index (κ3) is 3.58. The molecule has 5 rings (SSSR count). The Hall–Kier alpha value is -2.47. The maximum atomic E-state index is 13.0. The van der Waals surface area contributed by atoms with Gasteiger partial charge in [0.2, 0.25) is 0 Å². The van der Waals surface area contributed by atoms with Crippen molar-refractivity contribution in [2.75, 3.05) is 26.7 Å². The Bertz CT molecular complexity index is 898. The Morgan fingerprint density at radius 2 is 1.90 bits per heavy atom. The van der Waals surface area contributed by atoms with Crippen molar-refractivity contribution in [3.8, 4) is 5.75 Å². The van der Waals surface area contributed by atoms with Crippen molar-refractivity contribution in [2.45, 2.75) is 44.7 Å². The predicted molar refractivity (Wildman–Crippen MR) is 114 cm³/mol. The zero-order chi connectivity index (χ0) is 20.7. The van der Waals surface area contributed by atoms with E-state index in [1.54, 1.807) is 19.5 Å². The highest BCUT2D eigenvalue weighted by Gasteiger charge is 2.45. The molecule has 1 aromatic heterocycles. The van der Waals surface area contributed by atoms with Crippen molar-refractivity contribution < 1.29 is 9.53 Å². The van der Waals surface area contributed by atoms with E-state index in [0.717, 1.165) is 31.1 Å². The number of likely N-dealkylation sites (tertiary alicyclic amines) is 1. The summed E-state index contributed by atoms with van der Waals surface area (Å²) in [6, 6.07) is 9.64. The maximum absolute atomic E-state index is 13.0. The molecule has 0 aliphatic carbocycles. The van der Waals surface area contributed by atoms with Crippen molar-refractivity contribution in [2.24, 2.45) is 11.8 Å². The van der Waals surface area contributed by atoms with Gasteiger partial charge in [0.15, 0.2) is 0 Å². The first kappa shape index (κ1) is 19.5. The van der Waals surface area contributed by atoms with Gasteiger partial charge in [-0.05, 0) is 62.1 Å². The van der Waals surface area contributed by atoms with Crippen LogP contribution in [0, 0.1) is 18.8 Å². The predicted octanol–water partition coefficient (Wildman–Crippen LogP) is 3.48. The molecule has 2 aromatic rings. The fourth-order valence-electron chi connectivity index (χ4n) is 5.82. The van der Waals surface area contributed by atoms with Crippen LogP contribution in [0.3, 0.4) is 0 Å². The first-order chi connectivity index (χ1) is 14.6. The second kappa shape index (κ2) is 7.99. The summed E-state index contributed by atoms with van der Waals surface area (Å²) in [5, 5.41) is 0. The monoisotopic (exact) mass is 406 g/mol. The number of carbonyl (C=O) groups is 1. The lowest BCUT2D eigenvalue weighted by Gasteiger charge is -2.55. The minimum absolute atomic E-state index is 0.0353. The lowest BCUT2D eigenvalue weighted by Crippen LogP contribution is -2.60. The van der Waals surface area contributed by atoms with Crippen molar-refractivity contribution >= 4 is 5.91 Å². The van der Waals surface area contributed by atoms with Crippen molar-refractivity contribution in [3.05, 3.63) is 53.6 Å². The summed E-state index contributed by atoms with van der Waals surface area (Å²) < 4.78 is 5.34. The maximum Gasteiger partial charge on any atom is 0.274 e. The summed E-state index contributed by atoms with van der Waals surface area (Å²) in [6.07, 6.45) is 8.23. The Morgan fingerprint density at radius 3 is 2.63 bits per heavy atom. The first-order valence-corrected chi connectivity index (χ1v) is 11.1. The highest BCUT2D eigenvalue weighted by molar-refractivity contribution is 5.92. The highest BCUT2D eigenvalue weighted by atomic mass is 16.5. The van der Waals surface area contributed by atoms with Gasteiger partial charge in [0.25, 0.3) is 5.91 Å². The molecule has 1 aromatic carbocycles. The first-order valence-electron chi connectivity index (χ1n) is 11.1. The number of amides is 1. The van der Waals surface area contributed by atoms with Gasteiger partial charge < -0.3 is 9.64 Å². The molecule has 158 valence electrons. The lowest BCUT2D eigenvalue weighted by molar-refractivity contribution is -0.0512. The van der Waals surface area contributed by atoms with Gasteiger partial charge in [-0.25, -0.2) is 4.98 Å². The van der Waals surface area contributed by atoms with Gasteiger partial charge in [-0.1, -0.05) is 12.1 Å². The van der Waals surface area contributed by atoms with Crippen LogP contribution in [-0.2, 0) is 0 Å². The van der Waals surface area contributed by atoms with Gasteiger partial charge in [-0.15, -0.1) is 0 Å². The average Bonchev–Trinajstić information content (AvgIpc) is 2.79. The molecule has 30 heavy (non-hydrogen) atoms. The summed E-state index contributed by atoms with van der Waals surface area (Å²) in [7, 11) is 1.71. The molecule has 6 nitrogen and oxygen atoms in total. The van der Waals surface area contributed by atoms with Gasteiger partial charge in [-0.2, -0.15) is 0 Å². The molecule has 4 atom stereocenters. The van der Waals surface area contributed by atoms with E-state index in [4.69, 9.17) is 4.74 Å². The molecule has 3 aliphatic heterocycles. The van der Waals surface area contributed by atoms with Gasteiger partial charge in [0.1, 0.15) is 11.4 Å². The average molecular weight is 407 g/mol. The van der Waals surface area contributed by atoms with Gasteiger partial charge >= 0.3 is 0 Å². The molecule has 0 N–H and O–H groups in total. The number of hydrogen-bond acceptors (Lipinski definition) is 5. The van der Waals surface area contributed by atoms with Crippen LogP contribution in [0.25, 0.3) is 0 Å². The minimum atomic E-state index is 0.0353. The molecule has 3 aliphatic rings. The number of rotatable bonds is 3. The molecule has 3 fully saturated rings. The zero-order valence-electron chi connectivity index (χ0n) is 17.8. The summed E-state index contributed by atoms with van der Waals surface area (Å²) in [6.45, 7) is 4.62. The summed E-state index contributed by atoms with van der Waals surface area (Å²) in [5.74, 6) is 2.02. The van der Waals surface area contributed by atoms with Crippen molar-refractivity contribution in [1.82, 2.24) is 19.8 Å². The van der Waals surface area contributed by atoms with Crippen LogP contribution in [0.2, 0.25) is 0 Å². The van der Waals surface area contributed by atoms with Crippen molar-refractivity contribution in [3.63, 3.8) is 0 Å². The SMILES string of the molecule is COc1ccc([C@H]2CCC[C@H]3[C@@H]4C[C@@H](CN(C(=O)c5cnc(C)cn5)C4)CN23)cc1. The smallest absolute Gasteiger partial charge is 0.274 e. The Morgan fingerprint density at radius 1 is 1.07 bits per heavy atom. The zero-order valence-corrected chi connectivity index (χ0v) is 17.8. The summed E-state index contributed by atoms with van der Waals surface area (Å²) in [5.41, 5.74) is 2.70. The molecule has 4 heterocycles. The van der Waals surface area contributed by atoms with Crippen molar-refractivity contribution in [1.29, 1.82) is 0 Å². The molecule has 1 amide bonds. The van der Waals surface area contributed by atoms with Crippen LogP contribution in [0.5, 0.6) is 5.75 Å². The number of nitrogens with zero attached hydrogens (tertiary/aromatic N) is 4. The van der Waals surface area contributed by atoms with E-state index in [1.807, 2.05) is 11.8 Å². The van der Waals surface area contributed by atoms with Gasteiger partial charge in [0, 0.05) is 37.9 Å². The summed E-state index contributed by atoms with van der Waals surface area (Å²) >= 11 is 0. The van der Waals surface area contributed by atoms with Crippen LogP contribution >= 0.6 is 0 Å². The van der Waals surface area contributed by atoms with Gasteiger partial charge in [-0.3, -0.25) is 14.7 Å². The van der Waals surface area contributed by atoms with E-state index < -0.39 is 0 Å². The molecule has 0 radical (unpaired) electrons. The Balaban J connectivity index is 1.33. The number of aryl methyl sites for hydroxylation is 1. The topological polar surface area (TPSA) is 58.6 Å². The van der Waals surface area contributed by atoms with E-state index in [2.05, 4.69) is 39.1 Å². The number of methoxy groups -OCH3 is 1. The second-order valence-electron chi connectivity index (χ2n) is 9.10. The number of piperidine rings is 3. The largest absolute Gasteiger partial charge is 0.497 e. The number of hydrogen-bond donors (Lipinski definition) is 0. The fourth-order valence-corrected chi connectivity index (χ4v) is 5.82. The van der Waals surface area contributed by atoms with Crippen LogP contribution < -0.4 is 4.74 Å². The molecule has 3 saturated heterocycles. The Kier molecular flexibility index (Phi) is 5.19. The third-order valence-electron chi connectivity index (χ3n) is 7.17. The lowest BCUT2D eigenvalue weighted by atomic mass is 9.74. The van der Waals surface area contributed by atoms with Crippen LogP contribution in [0.4, 0.5) is 0 Å². The molecule has 2 bridgehead atoms. The van der Waals surface area contributed by atoms with Crippen LogP contribution in [0.1, 0.15) is 53.5 Å². The van der Waals surface area contributed by atoms with Crippen LogP contribution in [-0.4, -0.2) is 58.5 Å².